The molecule has 8 heteroatoms. The van der Waals surface area contributed by atoms with Crippen molar-refractivity contribution in [2.75, 3.05) is 20.0 Å². The van der Waals surface area contributed by atoms with E-state index in [2.05, 4.69) is 5.32 Å². The first-order chi connectivity index (χ1) is 14.0. The van der Waals surface area contributed by atoms with Crippen molar-refractivity contribution in [3.8, 4) is 17.2 Å². The molecule has 0 bridgehead atoms. The van der Waals surface area contributed by atoms with Crippen LogP contribution in [0.15, 0.2) is 36.4 Å². The molecule has 0 unspecified atom stereocenters. The van der Waals surface area contributed by atoms with E-state index in [4.69, 9.17) is 30.5 Å². The summed E-state index contributed by atoms with van der Waals surface area (Å²) in [6, 6.07) is 10.5. The van der Waals surface area contributed by atoms with E-state index in [1.165, 1.54) is 0 Å². The molecular weight excluding hydrogens is 398 g/mol. The summed E-state index contributed by atoms with van der Waals surface area (Å²) in [5, 5.41) is 3.39. The van der Waals surface area contributed by atoms with Crippen LogP contribution in [0.4, 0.5) is 0 Å². The number of halogens is 1. The summed E-state index contributed by atoms with van der Waals surface area (Å²) in [5.41, 5.74) is 1.72. The van der Waals surface area contributed by atoms with Crippen molar-refractivity contribution in [3.63, 3.8) is 0 Å². The minimum absolute atomic E-state index is 0.192. The Kier molecular flexibility index (Phi) is 5.49. The predicted octanol–water partition coefficient (Wildman–Crippen LogP) is 3.04. The third-order valence-corrected chi connectivity index (χ3v) is 5.12. The fourth-order valence-electron chi connectivity index (χ4n) is 3.32. The molecule has 2 aliphatic rings. The highest BCUT2D eigenvalue weighted by atomic mass is 35.5. The number of hydrogen-bond acceptors (Lipinski definition) is 6. The van der Waals surface area contributed by atoms with Crippen LogP contribution in [-0.2, 0) is 20.7 Å². The summed E-state index contributed by atoms with van der Waals surface area (Å²) >= 11 is 6.00. The van der Waals surface area contributed by atoms with Gasteiger partial charge in [-0.1, -0.05) is 17.7 Å². The molecule has 7 nitrogen and oxygen atoms in total. The van der Waals surface area contributed by atoms with Gasteiger partial charge in [0.05, 0.1) is 12.0 Å². The van der Waals surface area contributed by atoms with Gasteiger partial charge in [-0.05, 0) is 54.8 Å². The minimum atomic E-state index is -0.472. The first-order valence-electron chi connectivity index (χ1n) is 9.26. The van der Waals surface area contributed by atoms with Crippen LogP contribution in [0, 0.1) is 5.92 Å². The Morgan fingerprint density at radius 2 is 1.93 bits per heavy atom. The van der Waals surface area contributed by atoms with E-state index in [1.54, 1.807) is 24.3 Å². The maximum absolute atomic E-state index is 12.3. The number of esters is 1. The van der Waals surface area contributed by atoms with Crippen molar-refractivity contribution in [2.24, 2.45) is 5.92 Å². The van der Waals surface area contributed by atoms with Gasteiger partial charge >= 0.3 is 5.97 Å². The highest BCUT2D eigenvalue weighted by Crippen LogP contribution is 2.34. The Hall–Kier alpha value is -2.93. The number of amides is 1. The molecule has 2 aromatic carbocycles. The molecule has 0 saturated heterocycles. The van der Waals surface area contributed by atoms with E-state index in [9.17, 15) is 9.59 Å². The van der Waals surface area contributed by atoms with Crippen LogP contribution in [0.2, 0.25) is 5.02 Å². The molecule has 1 N–H and O–H groups in total. The van der Waals surface area contributed by atoms with Crippen LogP contribution < -0.4 is 19.5 Å². The smallest absolute Gasteiger partial charge is 0.313 e. The van der Waals surface area contributed by atoms with E-state index in [1.807, 2.05) is 19.1 Å². The molecule has 2 aliphatic heterocycles. The van der Waals surface area contributed by atoms with Gasteiger partial charge in [-0.3, -0.25) is 9.59 Å². The lowest BCUT2D eigenvalue weighted by atomic mass is 9.97. The largest absolute Gasteiger partial charge is 0.492 e. The number of rotatable bonds is 5. The van der Waals surface area contributed by atoms with E-state index in [0.717, 1.165) is 11.1 Å². The summed E-state index contributed by atoms with van der Waals surface area (Å²) in [4.78, 5) is 24.5. The van der Waals surface area contributed by atoms with E-state index >= 15 is 0 Å². The molecular formula is C21H20ClNO6. The van der Waals surface area contributed by atoms with E-state index in [0.29, 0.717) is 28.7 Å². The molecule has 0 radical (unpaired) electrons. The second-order valence-corrected chi connectivity index (χ2v) is 7.41. The molecule has 0 aliphatic carbocycles. The molecule has 0 spiro atoms. The zero-order valence-corrected chi connectivity index (χ0v) is 16.5. The van der Waals surface area contributed by atoms with Gasteiger partial charge in [0.2, 0.25) is 6.79 Å². The number of carbonyl (C=O) groups excluding carboxylic acids is 2. The number of ether oxygens (including phenoxy) is 4. The maximum atomic E-state index is 12.3. The minimum Gasteiger partial charge on any atom is -0.492 e. The van der Waals surface area contributed by atoms with Crippen molar-refractivity contribution in [2.45, 2.75) is 19.4 Å². The third-order valence-electron chi connectivity index (χ3n) is 4.88. The van der Waals surface area contributed by atoms with Crippen LogP contribution in [0.25, 0.3) is 0 Å². The monoisotopic (exact) mass is 417 g/mol. The summed E-state index contributed by atoms with van der Waals surface area (Å²) in [6.07, 6.45) is 0.462. The van der Waals surface area contributed by atoms with E-state index in [-0.39, 0.29) is 32.0 Å². The van der Waals surface area contributed by atoms with E-state index < -0.39 is 11.9 Å². The standard InChI is InChI=1S/C21H20ClNO6/c1-12(13-2-4-18-19(8-13)29-11-28-18)23-20(24)10-27-21(25)15-6-14-7-16(22)3-5-17(14)26-9-15/h2-5,7-8,12,15H,6,9-11H2,1H3,(H,23,24)/t12-,15-/m1/s1. The summed E-state index contributed by atoms with van der Waals surface area (Å²) in [5.74, 6) is 0.713. The second kappa shape index (κ2) is 8.21. The Labute approximate surface area is 172 Å². The lowest BCUT2D eigenvalue weighted by Crippen LogP contribution is -2.34. The average Bonchev–Trinajstić information content (AvgIpc) is 3.19. The van der Waals surface area contributed by atoms with Crippen molar-refractivity contribution in [1.82, 2.24) is 5.32 Å². The molecule has 1 amide bonds. The zero-order valence-electron chi connectivity index (χ0n) is 15.8. The van der Waals surface area contributed by atoms with Gasteiger partial charge in [0.1, 0.15) is 12.4 Å². The van der Waals surface area contributed by atoms with Crippen molar-refractivity contribution >= 4 is 23.5 Å². The molecule has 2 atom stereocenters. The fraction of sp³-hybridized carbons (Fsp3) is 0.333. The lowest BCUT2D eigenvalue weighted by molar-refractivity contribution is -0.154. The third kappa shape index (κ3) is 4.40. The summed E-state index contributed by atoms with van der Waals surface area (Å²) < 4.78 is 21.4. The van der Waals surface area contributed by atoms with Gasteiger partial charge in [-0.15, -0.1) is 0 Å². The topological polar surface area (TPSA) is 83.1 Å². The normalized spacial score (nSPS) is 17.7. The van der Waals surface area contributed by atoms with Crippen LogP contribution in [-0.4, -0.2) is 31.9 Å². The van der Waals surface area contributed by atoms with Crippen LogP contribution in [0.3, 0.4) is 0 Å². The highest BCUT2D eigenvalue weighted by molar-refractivity contribution is 6.30. The van der Waals surface area contributed by atoms with Crippen molar-refractivity contribution in [3.05, 3.63) is 52.5 Å². The van der Waals surface area contributed by atoms with Gasteiger partial charge in [-0.25, -0.2) is 0 Å². The first kappa shape index (κ1) is 19.4. The van der Waals surface area contributed by atoms with Crippen LogP contribution >= 0.6 is 11.6 Å². The molecule has 152 valence electrons. The molecule has 0 saturated carbocycles. The van der Waals surface area contributed by atoms with Gasteiger partial charge in [-0.2, -0.15) is 0 Å². The molecule has 0 fully saturated rings. The Morgan fingerprint density at radius 1 is 1.14 bits per heavy atom. The van der Waals surface area contributed by atoms with Gasteiger partial charge in [0.25, 0.3) is 5.91 Å². The average molecular weight is 418 g/mol. The van der Waals surface area contributed by atoms with Crippen LogP contribution in [0.1, 0.15) is 24.1 Å². The Morgan fingerprint density at radius 3 is 2.79 bits per heavy atom. The number of nitrogens with one attached hydrogen (secondary N) is 1. The first-order valence-corrected chi connectivity index (χ1v) is 9.64. The highest BCUT2D eigenvalue weighted by Gasteiger charge is 2.28. The molecule has 2 heterocycles. The Bertz CT molecular complexity index is 947. The maximum Gasteiger partial charge on any atom is 0.313 e. The number of carbonyl (C=O) groups is 2. The number of benzene rings is 2. The quantitative estimate of drug-likeness (QED) is 0.753. The summed E-state index contributed by atoms with van der Waals surface area (Å²) in [6.45, 7) is 1.89. The number of hydrogen-bond donors (Lipinski definition) is 1. The van der Waals surface area contributed by atoms with Gasteiger partial charge < -0.3 is 24.3 Å². The van der Waals surface area contributed by atoms with Gasteiger partial charge in [0.15, 0.2) is 18.1 Å². The fourth-order valence-corrected chi connectivity index (χ4v) is 3.51. The summed E-state index contributed by atoms with van der Waals surface area (Å²) in [7, 11) is 0. The molecule has 29 heavy (non-hydrogen) atoms. The molecule has 0 aromatic heterocycles. The zero-order chi connectivity index (χ0) is 20.4. The van der Waals surface area contributed by atoms with Crippen molar-refractivity contribution in [1.29, 1.82) is 0 Å². The second-order valence-electron chi connectivity index (χ2n) is 6.97. The molecule has 2 aromatic rings. The SMILES string of the molecule is C[C@@H](NC(=O)COC(=O)[C@H]1COc2ccc(Cl)cc2C1)c1ccc2c(c1)OCO2. The lowest BCUT2D eigenvalue weighted by Gasteiger charge is -2.24. The van der Waals surface area contributed by atoms with Crippen LogP contribution in [0.5, 0.6) is 17.2 Å². The molecule has 4 rings (SSSR count). The Balaban J connectivity index is 1.27. The van der Waals surface area contributed by atoms with Crippen molar-refractivity contribution < 1.29 is 28.5 Å². The predicted molar refractivity (Wildman–Crippen MR) is 104 cm³/mol. The number of fused-ring (bicyclic) bond motifs is 2. The van der Waals surface area contributed by atoms with Gasteiger partial charge in [0, 0.05) is 5.02 Å².